The smallest absolute Gasteiger partial charge is 0.272 e. The molecule has 2 N–H and O–H groups in total. The highest BCUT2D eigenvalue weighted by molar-refractivity contribution is 6.01. The van der Waals surface area contributed by atoms with E-state index >= 15 is 0 Å². The molecular weight excluding hydrogens is 430 g/mol. The van der Waals surface area contributed by atoms with Gasteiger partial charge in [-0.1, -0.05) is 49.6 Å². The third kappa shape index (κ3) is 5.00. The van der Waals surface area contributed by atoms with E-state index in [-0.39, 0.29) is 42.0 Å². The van der Waals surface area contributed by atoms with E-state index in [2.05, 4.69) is 27.9 Å². The molecule has 182 valence electrons. The number of fused-ring (bicyclic) bond motifs is 1. The molecule has 1 aliphatic heterocycles. The highest BCUT2D eigenvalue weighted by atomic mass is 16.2. The van der Waals surface area contributed by atoms with Gasteiger partial charge in [0.15, 0.2) is 5.69 Å². The lowest BCUT2D eigenvalue weighted by Crippen LogP contribution is -2.63. The number of carbonyl (C=O) groups excluding carboxylic acids is 3. The van der Waals surface area contributed by atoms with Gasteiger partial charge in [-0.3, -0.25) is 19.1 Å². The molecule has 0 radical (unpaired) electrons. The number of nitrogens with one attached hydrogen (secondary N) is 2. The van der Waals surface area contributed by atoms with Gasteiger partial charge in [-0.25, -0.2) is 0 Å². The number of aromatic nitrogens is 2. The first-order valence-electron chi connectivity index (χ1n) is 12.3. The monoisotopic (exact) mass is 465 g/mol. The summed E-state index contributed by atoms with van der Waals surface area (Å²) in [6.07, 6.45) is 7.03. The van der Waals surface area contributed by atoms with E-state index in [4.69, 9.17) is 0 Å². The molecule has 2 heterocycles. The maximum atomic E-state index is 13.2. The Hall–Kier alpha value is -3.16. The lowest BCUT2D eigenvalue weighted by molar-refractivity contribution is -0.133. The number of hydrogen-bond acceptors (Lipinski definition) is 4. The molecule has 1 fully saturated rings. The van der Waals surface area contributed by atoms with Crippen LogP contribution in [0.4, 0.5) is 0 Å². The molecular formula is C26H35N5O3. The van der Waals surface area contributed by atoms with Crippen molar-refractivity contribution < 1.29 is 14.4 Å². The first-order valence-corrected chi connectivity index (χ1v) is 12.3. The van der Waals surface area contributed by atoms with Crippen LogP contribution in [0.2, 0.25) is 0 Å². The van der Waals surface area contributed by atoms with Crippen LogP contribution in [0.3, 0.4) is 0 Å². The van der Waals surface area contributed by atoms with Crippen molar-refractivity contribution in [2.75, 3.05) is 7.05 Å². The molecule has 2 aliphatic rings. The van der Waals surface area contributed by atoms with Gasteiger partial charge in [0, 0.05) is 25.2 Å². The zero-order chi connectivity index (χ0) is 24.3. The van der Waals surface area contributed by atoms with Crippen LogP contribution in [-0.4, -0.2) is 57.1 Å². The summed E-state index contributed by atoms with van der Waals surface area (Å²) in [6, 6.07) is 11.8. The standard InChI is InChI=1S/C26H35N5O3/c1-18(14-15-19-10-6-4-7-11-19)27-23(32)21-16-22-24(33)30(3)26(2,17-31(22)29-21)25(34)28-20-12-8-5-9-13-20/h4,6-7,10-11,16,18,20H,5,8-9,12-15,17H2,1-3H3,(H,27,32)(H,28,34)/t18-,26-/m1/s1. The van der Waals surface area contributed by atoms with Gasteiger partial charge in [0.25, 0.3) is 11.8 Å². The highest BCUT2D eigenvalue weighted by Gasteiger charge is 2.46. The fraction of sp³-hybridized carbons (Fsp3) is 0.538. The first kappa shape index (κ1) is 24.0. The van der Waals surface area contributed by atoms with E-state index in [1.165, 1.54) is 27.6 Å². The summed E-state index contributed by atoms with van der Waals surface area (Å²) in [5.41, 5.74) is 0.679. The van der Waals surface area contributed by atoms with Crippen LogP contribution < -0.4 is 10.6 Å². The maximum Gasteiger partial charge on any atom is 0.272 e. The maximum absolute atomic E-state index is 13.2. The fourth-order valence-corrected chi connectivity index (χ4v) is 4.82. The predicted octanol–water partition coefficient (Wildman–Crippen LogP) is 2.93. The molecule has 1 aromatic heterocycles. The first-order chi connectivity index (χ1) is 16.3. The minimum Gasteiger partial charge on any atom is -0.351 e. The second kappa shape index (κ2) is 9.99. The van der Waals surface area contributed by atoms with Crippen LogP contribution in [0, 0.1) is 0 Å². The van der Waals surface area contributed by atoms with Crippen molar-refractivity contribution in [1.82, 2.24) is 25.3 Å². The van der Waals surface area contributed by atoms with Crippen LogP contribution >= 0.6 is 0 Å². The number of carbonyl (C=O) groups is 3. The number of amides is 3. The normalized spacial score (nSPS) is 21.6. The van der Waals surface area contributed by atoms with E-state index in [0.29, 0.717) is 5.69 Å². The van der Waals surface area contributed by atoms with Crippen molar-refractivity contribution >= 4 is 17.7 Å². The topological polar surface area (TPSA) is 96.3 Å². The molecule has 0 spiro atoms. The second-order valence-corrected chi connectivity index (χ2v) is 9.92. The molecule has 2 aromatic rings. The Morgan fingerprint density at radius 3 is 2.59 bits per heavy atom. The van der Waals surface area contributed by atoms with Gasteiger partial charge >= 0.3 is 0 Å². The van der Waals surface area contributed by atoms with Gasteiger partial charge in [-0.05, 0) is 45.1 Å². The number of rotatable bonds is 7. The van der Waals surface area contributed by atoms with E-state index in [1.54, 1.807) is 14.0 Å². The molecule has 3 amide bonds. The number of benzene rings is 1. The molecule has 34 heavy (non-hydrogen) atoms. The summed E-state index contributed by atoms with van der Waals surface area (Å²) in [7, 11) is 1.64. The highest BCUT2D eigenvalue weighted by Crippen LogP contribution is 2.27. The van der Waals surface area contributed by atoms with Crippen LogP contribution in [0.5, 0.6) is 0 Å². The van der Waals surface area contributed by atoms with Gasteiger partial charge in [0.2, 0.25) is 5.91 Å². The molecule has 1 aliphatic carbocycles. The van der Waals surface area contributed by atoms with Gasteiger partial charge in [-0.15, -0.1) is 0 Å². The number of nitrogens with zero attached hydrogens (tertiary/aromatic N) is 3. The average molecular weight is 466 g/mol. The summed E-state index contributed by atoms with van der Waals surface area (Å²) in [5, 5.41) is 10.5. The Balaban J connectivity index is 1.41. The Morgan fingerprint density at radius 2 is 1.88 bits per heavy atom. The SMILES string of the molecule is C[C@H](CCc1ccccc1)NC(=O)c1cc2n(n1)C[C@](C)(C(=O)NC1CCCCC1)N(C)C2=O. The summed E-state index contributed by atoms with van der Waals surface area (Å²) >= 11 is 0. The third-order valence-corrected chi connectivity index (χ3v) is 7.25. The summed E-state index contributed by atoms with van der Waals surface area (Å²) in [6.45, 7) is 3.93. The van der Waals surface area contributed by atoms with Crippen LogP contribution in [0.15, 0.2) is 36.4 Å². The molecule has 2 atom stereocenters. The van der Waals surface area contributed by atoms with Gasteiger partial charge < -0.3 is 15.5 Å². The molecule has 1 aromatic carbocycles. The van der Waals surface area contributed by atoms with Crippen molar-refractivity contribution in [2.24, 2.45) is 0 Å². The van der Waals surface area contributed by atoms with E-state index in [0.717, 1.165) is 38.5 Å². The number of aryl methyl sites for hydroxylation is 1. The number of hydrogen-bond donors (Lipinski definition) is 2. The van der Waals surface area contributed by atoms with Gasteiger partial charge in [0.1, 0.15) is 11.2 Å². The van der Waals surface area contributed by atoms with Crippen LogP contribution in [-0.2, 0) is 17.8 Å². The Kier molecular flexibility index (Phi) is 7.05. The van der Waals surface area contributed by atoms with Gasteiger partial charge in [-0.2, -0.15) is 5.10 Å². The summed E-state index contributed by atoms with van der Waals surface area (Å²) in [5.74, 6) is -0.792. The molecule has 1 saturated carbocycles. The van der Waals surface area contributed by atoms with E-state index < -0.39 is 5.54 Å². The largest absolute Gasteiger partial charge is 0.351 e. The van der Waals surface area contributed by atoms with Crippen molar-refractivity contribution in [3.05, 3.63) is 53.3 Å². The Bertz CT molecular complexity index is 1040. The summed E-state index contributed by atoms with van der Waals surface area (Å²) < 4.78 is 1.51. The average Bonchev–Trinajstić information content (AvgIpc) is 3.26. The van der Waals surface area contributed by atoms with Gasteiger partial charge in [0.05, 0.1) is 6.54 Å². The zero-order valence-electron chi connectivity index (χ0n) is 20.3. The Labute approximate surface area is 201 Å². The quantitative estimate of drug-likeness (QED) is 0.657. The third-order valence-electron chi connectivity index (χ3n) is 7.25. The molecule has 8 nitrogen and oxygen atoms in total. The molecule has 0 saturated heterocycles. The molecule has 4 rings (SSSR count). The van der Waals surface area contributed by atoms with Crippen molar-refractivity contribution in [1.29, 1.82) is 0 Å². The lowest BCUT2D eigenvalue weighted by atomic mass is 9.92. The molecule has 8 heteroatoms. The van der Waals surface area contributed by atoms with Crippen molar-refractivity contribution in [3.8, 4) is 0 Å². The molecule has 0 bridgehead atoms. The van der Waals surface area contributed by atoms with Crippen molar-refractivity contribution in [2.45, 2.75) is 83.0 Å². The van der Waals surface area contributed by atoms with Crippen molar-refractivity contribution in [3.63, 3.8) is 0 Å². The number of likely N-dealkylation sites (N-methyl/N-ethyl adjacent to an activating group) is 1. The molecule has 0 unspecified atom stereocenters. The minimum absolute atomic E-state index is 0.0450. The predicted molar refractivity (Wildman–Crippen MR) is 129 cm³/mol. The second-order valence-electron chi connectivity index (χ2n) is 9.92. The fourth-order valence-electron chi connectivity index (χ4n) is 4.82. The van der Waals surface area contributed by atoms with E-state index in [1.807, 2.05) is 25.1 Å². The van der Waals surface area contributed by atoms with Crippen LogP contribution in [0.25, 0.3) is 0 Å². The van der Waals surface area contributed by atoms with E-state index in [9.17, 15) is 14.4 Å². The lowest BCUT2D eigenvalue weighted by Gasteiger charge is -2.41. The zero-order valence-corrected chi connectivity index (χ0v) is 20.3. The summed E-state index contributed by atoms with van der Waals surface area (Å²) in [4.78, 5) is 40.6. The Morgan fingerprint density at radius 1 is 1.18 bits per heavy atom. The van der Waals surface area contributed by atoms with Crippen LogP contribution in [0.1, 0.15) is 78.9 Å². The minimum atomic E-state index is -1.07.